The first-order chi connectivity index (χ1) is 17.1. The zero-order valence-corrected chi connectivity index (χ0v) is 19.5. The largest absolute Gasteiger partial charge is 0.496 e. The molecule has 0 amide bonds. The number of carboxylic acids is 1. The highest BCUT2D eigenvalue weighted by molar-refractivity contribution is 5.84. The third-order valence-corrected chi connectivity index (χ3v) is 5.31. The minimum Gasteiger partial charge on any atom is -0.496 e. The quantitative estimate of drug-likeness (QED) is 0.330. The van der Waals surface area contributed by atoms with Gasteiger partial charge in [0.25, 0.3) is 0 Å². The van der Waals surface area contributed by atoms with E-state index in [2.05, 4.69) is 20.3 Å². The molecule has 2 N–H and O–H groups in total. The molecule has 9 nitrogen and oxygen atoms in total. The van der Waals surface area contributed by atoms with Gasteiger partial charge in [-0.15, -0.1) is 0 Å². The number of rotatable bonds is 11. The number of methoxy groups -OCH3 is 1. The predicted octanol–water partition coefficient (Wildman–Crippen LogP) is 4.22. The third kappa shape index (κ3) is 5.75. The van der Waals surface area contributed by atoms with Crippen LogP contribution in [0.15, 0.2) is 61.1 Å². The van der Waals surface area contributed by atoms with Crippen LogP contribution in [-0.4, -0.2) is 52.9 Å². The monoisotopic (exact) mass is 474 g/mol. The van der Waals surface area contributed by atoms with Gasteiger partial charge in [0.1, 0.15) is 17.9 Å². The van der Waals surface area contributed by atoms with Crippen LogP contribution in [0.2, 0.25) is 0 Å². The maximum absolute atomic E-state index is 10.8. The molecule has 4 rings (SSSR count). The number of ether oxygens (including phenoxy) is 3. The minimum absolute atomic E-state index is 0.365. The van der Waals surface area contributed by atoms with Gasteiger partial charge in [0, 0.05) is 35.3 Å². The van der Waals surface area contributed by atoms with Crippen molar-refractivity contribution in [2.75, 3.05) is 32.2 Å². The second-order valence-electron chi connectivity index (χ2n) is 7.56. The van der Waals surface area contributed by atoms with Gasteiger partial charge in [0.05, 0.1) is 24.9 Å². The molecule has 0 saturated heterocycles. The van der Waals surface area contributed by atoms with E-state index in [4.69, 9.17) is 19.3 Å². The lowest BCUT2D eigenvalue weighted by Crippen LogP contribution is -2.10. The van der Waals surface area contributed by atoms with E-state index >= 15 is 0 Å². The van der Waals surface area contributed by atoms with Crippen LogP contribution in [0.4, 0.5) is 5.82 Å². The Bertz CT molecular complexity index is 1330. The number of pyridine rings is 1. The molecule has 0 aliphatic carbocycles. The molecule has 4 aromatic rings. The summed E-state index contributed by atoms with van der Waals surface area (Å²) in [5.41, 5.74) is 3.50. The molecule has 35 heavy (non-hydrogen) atoms. The van der Waals surface area contributed by atoms with E-state index in [1.165, 1.54) is 6.33 Å². The maximum atomic E-state index is 10.8. The minimum atomic E-state index is -1.06. The molecule has 0 fully saturated rings. The Morgan fingerprint density at radius 1 is 1.00 bits per heavy atom. The van der Waals surface area contributed by atoms with Crippen molar-refractivity contribution in [3.05, 3.63) is 66.6 Å². The molecule has 0 spiro atoms. The predicted molar refractivity (Wildman–Crippen MR) is 132 cm³/mol. The third-order valence-electron chi connectivity index (χ3n) is 5.31. The average Bonchev–Trinajstić information content (AvgIpc) is 2.88. The van der Waals surface area contributed by atoms with Crippen LogP contribution in [0, 0.1) is 0 Å². The fraction of sp³-hybridized carbons (Fsp3) is 0.231. The van der Waals surface area contributed by atoms with Gasteiger partial charge in [-0.2, -0.15) is 0 Å². The number of benzene rings is 2. The van der Waals surface area contributed by atoms with Crippen molar-refractivity contribution >= 4 is 22.7 Å². The van der Waals surface area contributed by atoms with E-state index in [9.17, 15) is 4.79 Å². The number of hydrogen-bond acceptors (Lipinski definition) is 8. The molecule has 0 radical (unpaired) electrons. The number of carboxylic acid groups (broad SMARTS) is 1. The highest BCUT2D eigenvalue weighted by Gasteiger charge is 2.12. The van der Waals surface area contributed by atoms with Crippen LogP contribution in [-0.2, 0) is 11.2 Å². The molecule has 0 bridgehead atoms. The molecule has 9 heteroatoms. The highest BCUT2D eigenvalue weighted by atomic mass is 16.5. The van der Waals surface area contributed by atoms with E-state index in [-0.39, 0.29) is 0 Å². The SMILES string of the molecule is CCOc1cc(-c2cc(NCCc3c(OC)ccc4ncccc34)ncn2)ccc1OCC(=O)O. The number of hydrogen-bond donors (Lipinski definition) is 2. The summed E-state index contributed by atoms with van der Waals surface area (Å²) in [6.45, 7) is 2.45. The van der Waals surface area contributed by atoms with Crippen LogP contribution < -0.4 is 19.5 Å². The normalized spacial score (nSPS) is 10.7. The van der Waals surface area contributed by atoms with Crippen molar-refractivity contribution in [1.82, 2.24) is 15.0 Å². The van der Waals surface area contributed by atoms with E-state index in [1.807, 2.05) is 37.3 Å². The van der Waals surface area contributed by atoms with Gasteiger partial charge in [0.15, 0.2) is 18.1 Å². The smallest absolute Gasteiger partial charge is 0.341 e. The Labute approximate surface area is 202 Å². The molecular weight excluding hydrogens is 448 g/mol. The molecule has 2 aromatic carbocycles. The number of fused-ring (bicyclic) bond motifs is 1. The maximum Gasteiger partial charge on any atom is 0.341 e. The summed E-state index contributed by atoms with van der Waals surface area (Å²) in [6.07, 6.45) is 3.99. The molecule has 2 heterocycles. The molecule has 0 saturated carbocycles. The standard InChI is InChI=1S/C26H26N4O5/c1-3-34-24-13-17(6-8-23(24)35-15-26(31)32)21-14-25(30-16-29-21)28-12-10-19-18-5-4-11-27-20(18)7-9-22(19)33-2/h4-9,11,13-14,16H,3,10,12,15H2,1-2H3,(H,31,32)(H,28,29,30). The number of aromatic nitrogens is 3. The van der Waals surface area contributed by atoms with Crippen LogP contribution in [0.25, 0.3) is 22.2 Å². The lowest BCUT2D eigenvalue weighted by atomic mass is 10.0. The van der Waals surface area contributed by atoms with Crippen LogP contribution in [0.5, 0.6) is 17.2 Å². The molecule has 180 valence electrons. The molecule has 0 unspecified atom stereocenters. The number of nitrogens with zero attached hydrogens (tertiary/aromatic N) is 3. The van der Waals surface area contributed by atoms with Gasteiger partial charge >= 0.3 is 5.97 Å². The fourth-order valence-corrected chi connectivity index (χ4v) is 3.76. The second-order valence-corrected chi connectivity index (χ2v) is 7.56. The molecular formula is C26H26N4O5. The number of aliphatic carboxylic acids is 1. The highest BCUT2D eigenvalue weighted by Crippen LogP contribution is 2.33. The summed E-state index contributed by atoms with van der Waals surface area (Å²) in [5.74, 6) is 1.27. The summed E-state index contributed by atoms with van der Waals surface area (Å²) in [6, 6.07) is 15.0. The summed E-state index contributed by atoms with van der Waals surface area (Å²) >= 11 is 0. The second kappa shape index (κ2) is 11.1. The average molecular weight is 475 g/mol. The van der Waals surface area contributed by atoms with Crippen molar-refractivity contribution in [3.8, 4) is 28.5 Å². The molecule has 0 atom stereocenters. The first-order valence-corrected chi connectivity index (χ1v) is 11.2. The van der Waals surface area contributed by atoms with Crippen molar-refractivity contribution in [2.24, 2.45) is 0 Å². The van der Waals surface area contributed by atoms with E-state index in [0.717, 1.165) is 34.2 Å². The Kier molecular flexibility index (Phi) is 7.57. The summed E-state index contributed by atoms with van der Waals surface area (Å²) in [4.78, 5) is 24.0. The van der Waals surface area contributed by atoms with Crippen LogP contribution in [0.3, 0.4) is 0 Å². The van der Waals surface area contributed by atoms with E-state index < -0.39 is 12.6 Å². The van der Waals surface area contributed by atoms with Crippen molar-refractivity contribution in [1.29, 1.82) is 0 Å². The van der Waals surface area contributed by atoms with Crippen LogP contribution >= 0.6 is 0 Å². The van der Waals surface area contributed by atoms with Crippen molar-refractivity contribution in [3.63, 3.8) is 0 Å². The Morgan fingerprint density at radius 2 is 1.86 bits per heavy atom. The van der Waals surface area contributed by atoms with Gasteiger partial charge in [-0.1, -0.05) is 6.07 Å². The zero-order chi connectivity index (χ0) is 24.6. The molecule has 0 aliphatic rings. The topological polar surface area (TPSA) is 116 Å². The Hall–Kier alpha value is -4.40. The molecule has 0 aliphatic heterocycles. The number of nitrogens with one attached hydrogen (secondary N) is 1. The van der Waals surface area contributed by atoms with Gasteiger partial charge < -0.3 is 24.6 Å². The van der Waals surface area contributed by atoms with Crippen molar-refractivity contribution < 1.29 is 24.1 Å². The Balaban J connectivity index is 1.50. The number of anilines is 1. The van der Waals surface area contributed by atoms with E-state index in [0.29, 0.717) is 36.2 Å². The van der Waals surface area contributed by atoms with Gasteiger partial charge in [0.2, 0.25) is 0 Å². The lowest BCUT2D eigenvalue weighted by molar-refractivity contribution is -0.139. The lowest BCUT2D eigenvalue weighted by Gasteiger charge is -2.13. The van der Waals surface area contributed by atoms with Gasteiger partial charge in [-0.05, 0) is 49.7 Å². The van der Waals surface area contributed by atoms with Gasteiger partial charge in [-0.25, -0.2) is 14.8 Å². The molecule has 2 aromatic heterocycles. The summed E-state index contributed by atoms with van der Waals surface area (Å²) in [5, 5.41) is 13.3. The van der Waals surface area contributed by atoms with E-state index in [1.54, 1.807) is 31.5 Å². The summed E-state index contributed by atoms with van der Waals surface area (Å²) in [7, 11) is 1.67. The summed E-state index contributed by atoms with van der Waals surface area (Å²) < 4.78 is 16.5. The Morgan fingerprint density at radius 3 is 2.66 bits per heavy atom. The first-order valence-electron chi connectivity index (χ1n) is 11.2. The first kappa shape index (κ1) is 23.7. The van der Waals surface area contributed by atoms with Crippen LogP contribution in [0.1, 0.15) is 12.5 Å². The van der Waals surface area contributed by atoms with Gasteiger partial charge in [-0.3, -0.25) is 4.98 Å². The van der Waals surface area contributed by atoms with Crippen molar-refractivity contribution in [2.45, 2.75) is 13.3 Å². The fourth-order valence-electron chi connectivity index (χ4n) is 3.76. The number of carbonyl (C=O) groups is 1. The zero-order valence-electron chi connectivity index (χ0n) is 19.5.